The second-order valence-electron chi connectivity index (χ2n) is 6.72. The maximum Gasteiger partial charge on any atom is 0.270 e. The zero-order chi connectivity index (χ0) is 22.7. The van der Waals surface area contributed by atoms with Gasteiger partial charge in [0.2, 0.25) is 0 Å². The van der Waals surface area contributed by atoms with Gasteiger partial charge in [-0.3, -0.25) is 19.8 Å². The number of ether oxygens (including phenoxy) is 2. The zero-order valence-electron chi connectivity index (χ0n) is 16.9. The number of thiocarbonyl (C=S) groups is 1. The number of carbonyl (C=O) groups excluding carboxylic acids is 2. The summed E-state index contributed by atoms with van der Waals surface area (Å²) in [5.41, 5.74) is 0.145. The van der Waals surface area contributed by atoms with E-state index >= 15 is 0 Å². The van der Waals surface area contributed by atoms with Crippen LogP contribution >= 0.6 is 12.2 Å². The van der Waals surface area contributed by atoms with Gasteiger partial charge in [0, 0.05) is 0 Å². The third-order valence-electron chi connectivity index (χ3n) is 4.70. The molecule has 1 fully saturated rings. The van der Waals surface area contributed by atoms with Crippen LogP contribution in [0.25, 0.3) is 6.08 Å². The topological polar surface area (TPSA) is 67.9 Å². The van der Waals surface area contributed by atoms with E-state index in [2.05, 4.69) is 5.32 Å². The van der Waals surface area contributed by atoms with Crippen molar-refractivity contribution >= 4 is 40.9 Å². The fourth-order valence-corrected chi connectivity index (χ4v) is 3.44. The number of methoxy groups -OCH3 is 1. The summed E-state index contributed by atoms with van der Waals surface area (Å²) in [7, 11) is 1.38. The number of benzene rings is 3. The Hall–Kier alpha value is -4.04. The molecule has 0 saturated carbocycles. The van der Waals surface area contributed by atoms with E-state index < -0.39 is 17.6 Å². The minimum absolute atomic E-state index is 0.00659. The first-order valence-electron chi connectivity index (χ1n) is 9.55. The molecule has 3 aromatic rings. The summed E-state index contributed by atoms with van der Waals surface area (Å²) in [5.74, 6) is -0.599. The van der Waals surface area contributed by atoms with E-state index in [9.17, 15) is 14.0 Å². The Kier molecular flexibility index (Phi) is 5.96. The first kappa shape index (κ1) is 21.2. The van der Waals surface area contributed by atoms with E-state index in [1.165, 1.54) is 30.2 Å². The summed E-state index contributed by atoms with van der Waals surface area (Å²) < 4.78 is 25.3. The van der Waals surface area contributed by atoms with Crippen molar-refractivity contribution in [2.24, 2.45) is 0 Å². The number of nitrogens with one attached hydrogen (secondary N) is 1. The summed E-state index contributed by atoms with van der Waals surface area (Å²) >= 11 is 5.21. The van der Waals surface area contributed by atoms with Gasteiger partial charge in [-0.2, -0.15) is 0 Å². The van der Waals surface area contributed by atoms with Crippen LogP contribution in [0.15, 0.2) is 78.4 Å². The number of hydrogen-bond acceptors (Lipinski definition) is 5. The van der Waals surface area contributed by atoms with Crippen LogP contribution < -0.4 is 19.7 Å². The van der Waals surface area contributed by atoms with Crippen molar-refractivity contribution in [1.29, 1.82) is 0 Å². The van der Waals surface area contributed by atoms with Crippen LogP contribution in [0.3, 0.4) is 0 Å². The molecule has 32 heavy (non-hydrogen) atoms. The average Bonchev–Trinajstić information content (AvgIpc) is 2.79. The van der Waals surface area contributed by atoms with Crippen LogP contribution in [0.5, 0.6) is 17.2 Å². The van der Waals surface area contributed by atoms with E-state index in [0.717, 1.165) is 6.08 Å². The molecule has 3 aromatic carbocycles. The molecule has 0 aliphatic carbocycles. The highest BCUT2D eigenvalue weighted by atomic mass is 32.1. The first-order valence-corrected chi connectivity index (χ1v) is 9.95. The van der Waals surface area contributed by atoms with E-state index in [0.29, 0.717) is 17.2 Å². The smallest absolute Gasteiger partial charge is 0.270 e. The van der Waals surface area contributed by atoms with E-state index in [4.69, 9.17) is 21.7 Å². The summed E-state index contributed by atoms with van der Waals surface area (Å²) in [4.78, 5) is 26.8. The van der Waals surface area contributed by atoms with Crippen molar-refractivity contribution in [3.8, 4) is 17.2 Å². The Balaban J connectivity index is 1.64. The van der Waals surface area contributed by atoms with E-state index in [1.807, 2.05) is 30.3 Å². The Morgan fingerprint density at radius 2 is 1.62 bits per heavy atom. The van der Waals surface area contributed by atoms with Crippen LogP contribution in [0.4, 0.5) is 10.1 Å². The number of nitrogens with zero attached hydrogens (tertiary/aromatic N) is 1. The second kappa shape index (κ2) is 8.99. The first-order chi connectivity index (χ1) is 15.5. The molecule has 4 rings (SSSR count). The van der Waals surface area contributed by atoms with E-state index in [1.54, 1.807) is 24.3 Å². The van der Waals surface area contributed by atoms with Gasteiger partial charge in [0.05, 0.1) is 18.4 Å². The third kappa shape index (κ3) is 4.21. The van der Waals surface area contributed by atoms with Crippen molar-refractivity contribution in [1.82, 2.24) is 5.32 Å². The molecule has 1 saturated heterocycles. The molecule has 0 atom stereocenters. The molecular formula is C24H17FN2O4S. The Labute approximate surface area is 188 Å². The van der Waals surface area contributed by atoms with Gasteiger partial charge >= 0.3 is 0 Å². The lowest BCUT2D eigenvalue weighted by Gasteiger charge is -2.29. The van der Waals surface area contributed by atoms with Crippen molar-refractivity contribution in [2.75, 3.05) is 12.0 Å². The van der Waals surface area contributed by atoms with E-state index in [-0.39, 0.29) is 22.0 Å². The van der Waals surface area contributed by atoms with Crippen molar-refractivity contribution in [2.45, 2.75) is 0 Å². The summed E-state index contributed by atoms with van der Waals surface area (Å²) in [5, 5.41) is 2.40. The van der Waals surface area contributed by atoms with Gasteiger partial charge in [0.15, 0.2) is 5.11 Å². The van der Waals surface area contributed by atoms with Crippen LogP contribution in [-0.2, 0) is 9.59 Å². The molecule has 6 nitrogen and oxygen atoms in total. The maximum atomic E-state index is 14.3. The molecule has 8 heteroatoms. The third-order valence-corrected chi connectivity index (χ3v) is 4.98. The number of para-hydroxylation sites is 1. The molecule has 1 aliphatic rings. The Morgan fingerprint density at radius 3 is 2.31 bits per heavy atom. The molecule has 2 amide bonds. The van der Waals surface area contributed by atoms with Crippen LogP contribution in [0.1, 0.15) is 5.56 Å². The van der Waals surface area contributed by atoms with Gasteiger partial charge in [0.1, 0.15) is 28.6 Å². The summed E-state index contributed by atoms with van der Waals surface area (Å²) in [6.45, 7) is 0. The Bertz CT molecular complexity index is 1230. The van der Waals surface area contributed by atoms with Crippen molar-refractivity contribution < 1.29 is 23.5 Å². The molecule has 1 heterocycles. The number of carbonyl (C=O) groups is 2. The van der Waals surface area contributed by atoms with Gasteiger partial charge in [-0.1, -0.05) is 24.3 Å². The zero-order valence-corrected chi connectivity index (χ0v) is 17.7. The minimum atomic E-state index is -0.717. The molecule has 0 aromatic heterocycles. The lowest BCUT2D eigenvalue weighted by molar-refractivity contribution is -0.122. The van der Waals surface area contributed by atoms with Gasteiger partial charge in [-0.15, -0.1) is 0 Å². The van der Waals surface area contributed by atoms with Crippen LogP contribution in [0, 0.1) is 5.82 Å². The number of halogens is 1. The molecule has 0 spiro atoms. The lowest BCUT2D eigenvalue weighted by atomic mass is 10.1. The maximum absolute atomic E-state index is 14.3. The van der Waals surface area contributed by atoms with Gasteiger partial charge in [0.25, 0.3) is 11.8 Å². The van der Waals surface area contributed by atoms with Crippen LogP contribution in [-0.4, -0.2) is 24.0 Å². The predicted octanol–water partition coefficient (Wildman–Crippen LogP) is 4.46. The standard InChI is InChI=1S/C24H17FN2O4S/c1-30-21-9-5-8-20(25)18(21)14-19-22(28)26-24(32)27(23(19)29)15-10-12-17(13-11-15)31-16-6-3-2-4-7-16/h2-14H,1H3,(H,26,28,32)/b19-14+. The largest absolute Gasteiger partial charge is 0.496 e. The second-order valence-corrected chi connectivity index (χ2v) is 7.11. The molecular weight excluding hydrogens is 431 g/mol. The average molecular weight is 448 g/mol. The fraction of sp³-hybridized carbons (Fsp3) is 0.0417. The quantitative estimate of drug-likeness (QED) is 0.355. The van der Waals surface area contributed by atoms with Gasteiger partial charge < -0.3 is 9.47 Å². The van der Waals surface area contributed by atoms with Gasteiger partial charge in [-0.25, -0.2) is 4.39 Å². The summed E-state index contributed by atoms with van der Waals surface area (Å²) in [6.07, 6.45) is 1.16. The lowest BCUT2D eigenvalue weighted by Crippen LogP contribution is -2.54. The molecule has 1 aliphatic heterocycles. The number of amides is 2. The highest BCUT2D eigenvalue weighted by molar-refractivity contribution is 7.80. The number of anilines is 1. The predicted molar refractivity (Wildman–Crippen MR) is 122 cm³/mol. The van der Waals surface area contributed by atoms with Crippen molar-refractivity contribution in [3.05, 3.63) is 89.8 Å². The SMILES string of the molecule is COc1cccc(F)c1/C=C1\C(=O)NC(=S)N(c2ccc(Oc3ccccc3)cc2)C1=O. The fourth-order valence-electron chi connectivity index (χ4n) is 3.16. The van der Waals surface area contributed by atoms with Crippen LogP contribution in [0.2, 0.25) is 0 Å². The molecule has 0 unspecified atom stereocenters. The molecule has 160 valence electrons. The molecule has 0 bridgehead atoms. The number of rotatable bonds is 5. The summed E-state index contributed by atoms with van der Waals surface area (Å²) in [6, 6.07) is 20.1. The molecule has 1 N–H and O–H groups in total. The minimum Gasteiger partial charge on any atom is -0.496 e. The number of hydrogen-bond donors (Lipinski definition) is 1. The highest BCUT2D eigenvalue weighted by Gasteiger charge is 2.35. The van der Waals surface area contributed by atoms with Gasteiger partial charge in [-0.05, 0) is 66.8 Å². The normalized spacial score (nSPS) is 15.0. The highest BCUT2D eigenvalue weighted by Crippen LogP contribution is 2.29. The monoisotopic (exact) mass is 448 g/mol. The van der Waals surface area contributed by atoms with Crippen molar-refractivity contribution in [3.63, 3.8) is 0 Å². The Morgan fingerprint density at radius 1 is 0.938 bits per heavy atom. The molecule has 0 radical (unpaired) electrons.